The number of phenols is 2. The molecule has 0 spiro atoms. The van der Waals surface area contributed by atoms with Gasteiger partial charge in [-0.3, -0.25) is 0 Å². The Morgan fingerprint density at radius 3 is 2.00 bits per heavy atom. The van der Waals surface area contributed by atoms with Gasteiger partial charge in [-0.1, -0.05) is 18.2 Å². The lowest BCUT2D eigenvalue weighted by Gasteiger charge is -2.10. The van der Waals surface area contributed by atoms with Crippen molar-refractivity contribution in [3.63, 3.8) is 0 Å². The number of phenolic OH excluding ortho intramolecular Hbond substituents is 2. The van der Waals surface area contributed by atoms with E-state index in [1.807, 2.05) is 0 Å². The van der Waals surface area contributed by atoms with Crippen LogP contribution >= 0.6 is 0 Å². The molecule has 0 unspecified atom stereocenters. The Balaban J connectivity index is 1.71. The minimum absolute atomic E-state index is 0.0205. The number of hydrogen-bond acceptors (Lipinski definition) is 8. The summed E-state index contributed by atoms with van der Waals surface area (Å²) in [5, 5.41) is 28.5. The summed E-state index contributed by atoms with van der Waals surface area (Å²) in [4.78, 5) is 23.4. The maximum Gasteiger partial charge on any atom is 0.330 e. The average molecular weight is 414 g/mol. The Kier molecular flexibility index (Phi) is 8.46. The van der Waals surface area contributed by atoms with E-state index in [0.717, 1.165) is 6.08 Å². The molecule has 0 bridgehead atoms. The van der Waals surface area contributed by atoms with Gasteiger partial charge >= 0.3 is 11.9 Å². The molecule has 158 valence electrons. The molecule has 0 radical (unpaired) electrons. The Labute approximate surface area is 173 Å². The Morgan fingerprint density at radius 1 is 0.900 bits per heavy atom. The van der Waals surface area contributed by atoms with Crippen LogP contribution in [0.5, 0.6) is 17.2 Å². The number of hydrogen-bond donors (Lipinski definition) is 3. The fourth-order valence-corrected chi connectivity index (χ4v) is 2.21. The average Bonchev–Trinajstić information content (AvgIpc) is 2.75. The number of rotatable bonds is 9. The summed E-state index contributed by atoms with van der Waals surface area (Å²) in [6.07, 6.45) is 4.12. The van der Waals surface area contributed by atoms with Crippen molar-refractivity contribution in [2.24, 2.45) is 0 Å². The number of ether oxygens (including phenoxy) is 3. The van der Waals surface area contributed by atoms with Crippen LogP contribution in [0, 0.1) is 0 Å². The monoisotopic (exact) mass is 414 g/mol. The second-order valence-electron chi connectivity index (χ2n) is 6.10. The highest BCUT2D eigenvalue weighted by Gasteiger charge is 2.10. The van der Waals surface area contributed by atoms with Gasteiger partial charge in [-0.2, -0.15) is 0 Å². The summed E-state index contributed by atoms with van der Waals surface area (Å²) in [5.74, 6) is -1.01. The number of aromatic hydroxyl groups is 2. The molecule has 0 aliphatic heterocycles. The third-order valence-corrected chi connectivity index (χ3v) is 3.76. The lowest BCUT2D eigenvalue weighted by atomic mass is 10.2. The van der Waals surface area contributed by atoms with Crippen LogP contribution in [0.1, 0.15) is 11.1 Å². The topological polar surface area (TPSA) is 123 Å². The van der Waals surface area contributed by atoms with Crippen LogP contribution in [0.3, 0.4) is 0 Å². The van der Waals surface area contributed by atoms with Gasteiger partial charge < -0.3 is 29.5 Å². The second kappa shape index (κ2) is 11.3. The standard InChI is InChI=1S/C22H22O8/c1-28-20-12-16(4-9-19(20)25)6-11-22(27)30-14-18(24)13-29-21(26)10-5-15-2-7-17(23)8-3-15/h2-12,18,23-25H,13-14H2,1H3/b10-5+,11-6-/t18-/m0/s1. The largest absolute Gasteiger partial charge is 0.508 e. The fraction of sp³-hybridized carbons (Fsp3) is 0.182. The normalized spacial score (nSPS) is 12.1. The Bertz CT molecular complexity index is 915. The lowest BCUT2D eigenvalue weighted by molar-refractivity contribution is -0.146. The molecule has 0 saturated heterocycles. The number of methoxy groups -OCH3 is 1. The van der Waals surface area contributed by atoms with Gasteiger partial charge in [-0.15, -0.1) is 0 Å². The van der Waals surface area contributed by atoms with E-state index in [4.69, 9.17) is 14.2 Å². The molecule has 0 saturated carbocycles. The van der Waals surface area contributed by atoms with Gasteiger partial charge in [-0.25, -0.2) is 9.59 Å². The minimum Gasteiger partial charge on any atom is -0.508 e. The first-order valence-corrected chi connectivity index (χ1v) is 8.91. The van der Waals surface area contributed by atoms with Crippen molar-refractivity contribution < 1.29 is 39.1 Å². The van der Waals surface area contributed by atoms with Crippen LogP contribution in [-0.4, -0.2) is 53.7 Å². The number of aliphatic hydroxyl groups is 1. The van der Waals surface area contributed by atoms with Crippen molar-refractivity contribution in [3.8, 4) is 17.2 Å². The summed E-state index contributed by atoms with van der Waals surface area (Å²) in [5.41, 5.74) is 1.30. The number of carbonyl (C=O) groups excluding carboxylic acids is 2. The first-order chi connectivity index (χ1) is 14.4. The zero-order valence-electron chi connectivity index (χ0n) is 16.2. The van der Waals surface area contributed by atoms with E-state index in [1.54, 1.807) is 24.3 Å². The highest BCUT2D eigenvalue weighted by atomic mass is 16.6. The van der Waals surface area contributed by atoms with E-state index >= 15 is 0 Å². The number of esters is 2. The van der Waals surface area contributed by atoms with E-state index in [2.05, 4.69) is 0 Å². The van der Waals surface area contributed by atoms with E-state index < -0.39 is 18.0 Å². The van der Waals surface area contributed by atoms with Crippen LogP contribution in [0.15, 0.2) is 54.6 Å². The summed E-state index contributed by atoms with van der Waals surface area (Å²) >= 11 is 0. The second-order valence-corrected chi connectivity index (χ2v) is 6.10. The maximum absolute atomic E-state index is 11.7. The molecule has 2 aromatic carbocycles. The molecule has 30 heavy (non-hydrogen) atoms. The van der Waals surface area contributed by atoms with Crippen LogP contribution in [0.25, 0.3) is 12.2 Å². The molecule has 2 aromatic rings. The van der Waals surface area contributed by atoms with Gasteiger partial charge in [0.05, 0.1) is 7.11 Å². The van der Waals surface area contributed by atoms with E-state index in [9.17, 15) is 24.9 Å². The quantitative estimate of drug-likeness (QED) is 0.422. The smallest absolute Gasteiger partial charge is 0.330 e. The summed E-state index contributed by atoms with van der Waals surface area (Å²) in [7, 11) is 1.41. The number of aliphatic hydroxyl groups excluding tert-OH is 1. The van der Waals surface area contributed by atoms with Crippen molar-refractivity contribution in [2.75, 3.05) is 20.3 Å². The zero-order chi connectivity index (χ0) is 21.9. The molecular weight excluding hydrogens is 392 g/mol. The highest BCUT2D eigenvalue weighted by molar-refractivity contribution is 5.87. The number of benzene rings is 2. The van der Waals surface area contributed by atoms with Gasteiger partial charge in [0.25, 0.3) is 0 Å². The zero-order valence-corrected chi connectivity index (χ0v) is 16.2. The van der Waals surface area contributed by atoms with Gasteiger partial charge in [-0.05, 0) is 47.5 Å². The summed E-state index contributed by atoms with van der Waals surface area (Å²) in [6.45, 7) is -0.693. The van der Waals surface area contributed by atoms with Crippen molar-refractivity contribution >= 4 is 24.1 Å². The third kappa shape index (κ3) is 7.69. The first kappa shape index (κ1) is 22.5. The molecule has 2 rings (SSSR count). The molecule has 8 nitrogen and oxygen atoms in total. The molecular formula is C22H22O8. The molecule has 0 aliphatic carbocycles. The maximum atomic E-state index is 11.7. The van der Waals surface area contributed by atoms with Gasteiger partial charge in [0, 0.05) is 12.2 Å². The van der Waals surface area contributed by atoms with Crippen LogP contribution in [-0.2, 0) is 19.1 Å². The van der Waals surface area contributed by atoms with E-state index in [-0.39, 0.29) is 30.5 Å². The molecule has 0 amide bonds. The predicted molar refractivity (Wildman–Crippen MR) is 109 cm³/mol. The Morgan fingerprint density at radius 2 is 1.43 bits per heavy atom. The van der Waals surface area contributed by atoms with Crippen LogP contribution in [0.2, 0.25) is 0 Å². The van der Waals surface area contributed by atoms with Crippen molar-refractivity contribution in [2.45, 2.75) is 6.10 Å². The van der Waals surface area contributed by atoms with Crippen molar-refractivity contribution in [1.82, 2.24) is 0 Å². The third-order valence-electron chi connectivity index (χ3n) is 3.76. The molecule has 1 atom stereocenters. The lowest BCUT2D eigenvalue weighted by Crippen LogP contribution is -2.24. The molecule has 3 N–H and O–H groups in total. The van der Waals surface area contributed by atoms with E-state index in [1.165, 1.54) is 43.5 Å². The molecule has 0 heterocycles. The summed E-state index contributed by atoms with van der Waals surface area (Å²) in [6, 6.07) is 10.8. The Hall–Kier alpha value is -3.78. The molecule has 0 aliphatic rings. The molecule has 8 heteroatoms. The minimum atomic E-state index is -1.18. The van der Waals surface area contributed by atoms with Gasteiger partial charge in [0.15, 0.2) is 11.5 Å². The van der Waals surface area contributed by atoms with Gasteiger partial charge in [0.2, 0.25) is 0 Å². The molecule has 0 aromatic heterocycles. The summed E-state index contributed by atoms with van der Waals surface area (Å²) < 4.78 is 14.7. The molecule has 0 fully saturated rings. The first-order valence-electron chi connectivity index (χ1n) is 8.91. The SMILES string of the molecule is COc1cc(/C=C\C(=O)OC[C@@H](O)COC(=O)/C=C/c2ccc(O)cc2)ccc1O. The van der Waals surface area contributed by atoms with Gasteiger partial charge in [0.1, 0.15) is 25.1 Å². The van der Waals surface area contributed by atoms with E-state index in [0.29, 0.717) is 11.1 Å². The highest BCUT2D eigenvalue weighted by Crippen LogP contribution is 2.26. The van der Waals surface area contributed by atoms with Crippen LogP contribution in [0.4, 0.5) is 0 Å². The predicted octanol–water partition coefficient (Wildman–Crippen LogP) is 2.28. The van der Waals surface area contributed by atoms with Crippen molar-refractivity contribution in [3.05, 3.63) is 65.7 Å². The van der Waals surface area contributed by atoms with Crippen LogP contribution < -0.4 is 4.74 Å². The number of carbonyl (C=O) groups is 2. The van der Waals surface area contributed by atoms with Crippen molar-refractivity contribution in [1.29, 1.82) is 0 Å². The fourth-order valence-electron chi connectivity index (χ4n) is 2.21.